The van der Waals surface area contributed by atoms with Crippen LogP contribution in [0.3, 0.4) is 0 Å². The number of aryl methyl sites for hydroxylation is 1. The lowest BCUT2D eigenvalue weighted by Gasteiger charge is -2.34. The molecule has 0 spiro atoms. The van der Waals surface area contributed by atoms with Crippen LogP contribution in [0.15, 0.2) is 30.3 Å². The van der Waals surface area contributed by atoms with E-state index in [4.69, 9.17) is 19.3 Å². The van der Waals surface area contributed by atoms with Crippen LogP contribution in [0.1, 0.15) is 63.9 Å². The van der Waals surface area contributed by atoms with E-state index in [1.54, 1.807) is 6.92 Å². The van der Waals surface area contributed by atoms with Crippen LogP contribution in [0.4, 0.5) is 0 Å². The lowest BCUT2D eigenvalue weighted by molar-refractivity contribution is -0.143. The van der Waals surface area contributed by atoms with E-state index >= 15 is 0 Å². The molecule has 0 aliphatic carbocycles. The standard InChI is InChI=1S/C31H52N3O12P/c1-2-34(24-31(41)42)27(20-32(21-28(35)36)17-18-33(22-29(37)38)23-30(39)40)25-46-47(43,44)45-19-13-8-6-4-3-5-7-10-14-26-15-11-9-12-16-26/h9,11-12,15-16,27H,2-8,10,13-14,17-25H2,1H3,(H,35,36)(H,37,38)(H,39,40)(H,41,42)(H,43,44). The number of aliphatic carboxylic acids is 4. The Labute approximate surface area is 276 Å². The number of carboxylic acid groups (broad SMARTS) is 4. The van der Waals surface area contributed by atoms with Crippen molar-refractivity contribution in [3.63, 3.8) is 0 Å². The van der Waals surface area contributed by atoms with Crippen molar-refractivity contribution >= 4 is 31.7 Å². The van der Waals surface area contributed by atoms with Crippen LogP contribution in [0.25, 0.3) is 0 Å². The lowest BCUT2D eigenvalue weighted by Crippen LogP contribution is -2.51. The molecule has 0 saturated carbocycles. The third-order valence-electron chi connectivity index (χ3n) is 7.43. The zero-order valence-electron chi connectivity index (χ0n) is 27.3. The third kappa shape index (κ3) is 22.3. The van der Waals surface area contributed by atoms with Crippen molar-refractivity contribution in [3.8, 4) is 0 Å². The maximum atomic E-state index is 12.6. The number of likely N-dealkylation sites (N-methyl/N-ethyl adjacent to an activating group) is 1. The van der Waals surface area contributed by atoms with Gasteiger partial charge in [0, 0.05) is 25.7 Å². The van der Waals surface area contributed by atoms with Gasteiger partial charge in [-0.25, -0.2) is 4.57 Å². The Balaban J connectivity index is 2.58. The second-order valence-corrected chi connectivity index (χ2v) is 12.9. The molecule has 0 aliphatic heterocycles. The molecule has 1 aromatic carbocycles. The van der Waals surface area contributed by atoms with E-state index in [2.05, 4.69) is 24.3 Å². The molecule has 0 aliphatic rings. The van der Waals surface area contributed by atoms with Crippen LogP contribution in [0.5, 0.6) is 0 Å². The Morgan fingerprint density at radius 3 is 1.72 bits per heavy atom. The average Bonchev–Trinajstić information content (AvgIpc) is 2.99. The van der Waals surface area contributed by atoms with E-state index in [9.17, 15) is 38.8 Å². The highest BCUT2D eigenvalue weighted by Crippen LogP contribution is 2.43. The molecule has 47 heavy (non-hydrogen) atoms. The molecule has 15 nitrogen and oxygen atoms in total. The molecule has 2 atom stereocenters. The van der Waals surface area contributed by atoms with Gasteiger partial charge in [-0.1, -0.05) is 75.8 Å². The van der Waals surface area contributed by atoms with Crippen molar-refractivity contribution in [3.05, 3.63) is 35.9 Å². The number of phosphoric ester groups is 1. The maximum absolute atomic E-state index is 12.6. The molecule has 0 saturated heterocycles. The first-order valence-corrected chi connectivity index (χ1v) is 17.5. The Morgan fingerprint density at radius 2 is 1.19 bits per heavy atom. The molecule has 16 heteroatoms. The molecular formula is C31H52N3O12P. The summed E-state index contributed by atoms with van der Waals surface area (Å²) in [7, 11) is -4.51. The summed E-state index contributed by atoms with van der Waals surface area (Å²) in [4.78, 5) is 59.5. The molecular weight excluding hydrogens is 637 g/mol. The third-order valence-corrected chi connectivity index (χ3v) is 8.41. The van der Waals surface area contributed by atoms with Gasteiger partial charge in [-0.2, -0.15) is 0 Å². The van der Waals surface area contributed by atoms with Crippen molar-refractivity contribution < 1.29 is 58.1 Å². The summed E-state index contributed by atoms with van der Waals surface area (Å²) < 4.78 is 23.0. The largest absolute Gasteiger partial charge is 0.480 e. The molecule has 268 valence electrons. The quantitative estimate of drug-likeness (QED) is 0.0580. The summed E-state index contributed by atoms with van der Waals surface area (Å²) in [6, 6.07) is 9.54. The molecule has 0 fully saturated rings. The molecule has 1 aromatic rings. The fraction of sp³-hybridized carbons (Fsp3) is 0.677. The number of benzene rings is 1. The number of carbonyl (C=O) groups is 4. The zero-order valence-corrected chi connectivity index (χ0v) is 28.2. The fourth-order valence-electron chi connectivity index (χ4n) is 5.08. The van der Waals surface area contributed by atoms with Gasteiger partial charge in [-0.15, -0.1) is 0 Å². The van der Waals surface area contributed by atoms with E-state index in [0.717, 1.165) is 49.8 Å². The normalized spacial score (nSPS) is 13.6. The minimum absolute atomic E-state index is 0.00370. The molecule has 0 radical (unpaired) electrons. The second-order valence-electron chi connectivity index (χ2n) is 11.4. The van der Waals surface area contributed by atoms with Crippen LogP contribution < -0.4 is 0 Å². The fourth-order valence-corrected chi connectivity index (χ4v) is 5.88. The summed E-state index contributed by atoms with van der Waals surface area (Å²) in [6.07, 6.45) is 9.11. The maximum Gasteiger partial charge on any atom is 0.472 e. The summed E-state index contributed by atoms with van der Waals surface area (Å²) >= 11 is 0. The van der Waals surface area contributed by atoms with Crippen LogP contribution in [-0.2, 0) is 39.2 Å². The Hall–Kier alpha value is -2.91. The minimum atomic E-state index is -4.51. The molecule has 2 unspecified atom stereocenters. The van der Waals surface area contributed by atoms with E-state index in [1.807, 2.05) is 6.07 Å². The smallest absolute Gasteiger partial charge is 0.472 e. The predicted molar refractivity (Wildman–Crippen MR) is 173 cm³/mol. The number of phosphoric acid groups is 1. The van der Waals surface area contributed by atoms with E-state index in [1.165, 1.54) is 21.8 Å². The van der Waals surface area contributed by atoms with Gasteiger partial charge in [0.1, 0.15) is 0 Å². The van der Waals surface area contributed by atoms with Crippen molar-refractivity contribution in [2.24, 2.45) is 0 Å². The van der Waals surface area contributed by atoms with Crippen molar-refractivity contribution in [1.82, 2.24) is 14.7 Å². The molecule has 1 rings (SSSR count). The average molecular weight is 690 g/mol. The first-order valence-electron chi connectivity index (χ1n) is 16.0. The molecule has 0 amide bonds. The van der Waals surface area contributed by atoms with E-state index < -0.39 is 70.5 Å². The van der Waals surface area contributed by atoms with Crippen LogP contribution >= 0.6 is 7.82 Å². The second kappa shape index (κ2) is 24.3. The van der Waals surface area contributed by atoms with Crippen molar-refractivity contribution in [1.29, 1.82) is 0 Å². The highest BCUT2D eigenvalue weighted by Gasteiger charge is 2.29. The summed E-state index contributed by atoms with van der Waals surface area (Å²) in [5.74, 6) is -4.92. The number of rotatable bonds is 30. The van der Waals surface area contributed by atoms with Gasteiger partial charge in [0.15, 0.2) is 0 Å². The number of carboxylic acids is 4. The van der Waals surface area contributed by atoms with Gasteiger partial charge in [-0.3, -0.25) is 42.9 Å². The first kappa shape index (κ1) is 42.1. The highest BCUT2D eigenvalue weighted by atomic mass is 31.2. The highest BCUT2D eigenvalue weighted by molar-refractivity contribution is 7.47. The first-order chi connectivity index (χ1) is 22.3. The molecule has 5 N–H and O–H groups in total. The van der Waals surface area contributed by atoms with Gasteiger partial charge >= 0.3 is 31.7 Å². The van der Waals surface area contributed by atoms with Gasteiger partial charge in [0.05, 0.1) is 39.4 Å². The van der Waals surface area contributed by atoms with Gasteiger partial charge < -0.3 is 25.3 Å². The number of unbranched alkanes of at least 4 members (excludes halogenated alkanes) is 7. The van der Waals surface area contributed by atoms with Crippen LogP contribution in [-0.4, -0.2) is 136 Å². The zero-order chi connectivity index (χ0) is 35.1. The number of hydrogen-bond donors (Lipinski definition) is 5. The molecule has 0 bridgehead atoms. The predicted octanol–water partition coefficient (Wildman–Crippen LogP) is 3.12. The minimum Gasteiger partial charge on any atom is -0.480 e. The summed E-state index contributed by atoms with van der Waals surface area (Å²) in [6.45, 7) is -1.08. The van der Waals surface area contributed by atoms with Gasteiger partial charge in [0.25, 0.3) is 0 Å². The number of nitrogens with zero attached hydrogens (tertiary/aromatic N) is 3. The van der Waals surface area contributed by atoms with E-state index in [0.29, 0.717) is 6.42 Å². The summed E-state index contributed by atoms with van der Waals surface area (Å²) in [5.41, 5.74) is 1.35. The van der Waals surface area contributed by atoms with Gasteiger partial charge in [-0.05, 0) is 31.4 Å². The van der Waals surface area contributed by atoms with Gasteiger partial charge in [0.2, 0.25) is 0 Å². The summed E-state index contributed by atoms with van der Waals surface area (Å²) in [5, 5.41) is 37.0. The SMILES string of the molecule is CCN(CC(=O)O)C(COP(=O)(O)OCCCCCCCCCCc1ccccc1)CN(CCN(CC(=O)O)CC(=O)O)CC(=O)O. The molecule has 0 heterocycles. The Morgan fingerprint density at radius 1 is 0.702 bits per heavy atom. The number of hydrogen-bond acceptors (Lipinski definition) is 10. The Kier molecular flexibility index (Phi) is 21.7. The van der Waals surface area contributed by atoms with Crippen LogP contribution in [0, 0.1) is 0 Å². The van der Waals surface area contributed by atoms with Crippen molar-refractivity contribution in [2.75, 3.05) is 65.6 Å². The van der Waals surface area contributed by atoms with Crippen LogP contribution in [0.2, 0.25) is 0 Å². The topological polar surface area (TPSA) is 215 Å². The molecule has 0 aromatic heterocycles. The monoisotopic (exact) mass is 689 g/mol. The van der Waals surface area contributed by atoms with Crippen molar-refractivity contribution in [2.45, 2.75) is 70.8 Å². The Bertz CT molecular complexity index is 1090. The lowest BCUT2D eigenvalue weighted by atomic mass is 10.0. The van der Waals surface area contributed by atoms with E-state index in [-0.39, 0.29) is 32.8 Å².